The normalized spacial score (nSPS) is 17.6. The molecule has 0 N–H and O–H groups in total. The molecule has 156 valence electrons. The van der Waals surface area contributed by atoms with E-state index in [1.165, 1.54) is 25.7 Å². The van der Waals surface area contributed by atoms with E-state index in [9.17, 15) is 4.79 Å². The second-order valence-corrected chi connectivity index (χ2v) is 21.8. The van der Waals surface area contributed by atoms with Gasteiger partial charge in [0.15, 0.2) is 5.78 Å². The Hall–Kier alpha value is 4.05. The minimum Gasteiger partial charge on any atom is -0.295 e. The molecule has 0 fully saturated rings. The van der Waals surface area contributed by atoms with Gasteiger partial charge in [-0.1, -0.05) is 202 Å². The summed E-state index contributed by atoms with van der Waals surface area (Å²) in [5.41, 5.74) is 0. The first kappa shape index (κ1) is 30.0. The monoisotopic (exact) mass is 1040 g/mol. The van der Waals surface area contributed by atoms with Gasteiger partial charge in [-0.05, 0) is 25.7 Å². The van der Waals surface area contributed by atoms with Gasteiger partial charge in [-0.25, -0.2) is 0 Å². The SMILES string of the molecule is CCCCC(I)(CCC)C(I)(I)C(=O)C(I)(I)C(I)(CCC)CCCC. The summed E-state index contributed by atoms with van der Waals surface area (Å²) < 4.78 is -0.728. The maximum absolute atomic E-state index is 14.0. The van der Waals surface area contributed by atoms with Crippen molar-refractivity contribution in [2.45, 2.75) is 102 Å². The van der Waals surface area contributed by atoms with Gasteiger partial charge in [-0.15, -0.1) is 0 Å². The Morgan fingerprint density at radius 3 is 1.12 bits per heavy atom. The summed E-state index contributed by atoms with van der Waals surface area (Å²) in [4.78, 5) is 14.0. The largest absolute Gasteiger partial charge is 0.295 e. The number of carbonyl (C=O) groups excluding carboxylic acids is 1. The summed E-state index contributed by atoms with van der Waals surface area (Å²) in [5.74, 6) is 0.422. The summed E-state index contributed by atoms with van der Waals surface area (Å²) in [5, 5.41) is 0. The molecule has 0 aliphatic carbocycles. The van der Waals surface area contributed by atoms with Gasteiger partial charge in [0.05, 0.1) is 6.84 Å². The summed E-state index contributed by atoms with van der Waals surface area (Å²) in [6, 6.07) is 0. The van der Waals surface area contributed by atoms with Gasteiger partial charge in [-0.2, -0.15) is 0 Å². The van der Waals surface area contributed by atoms with Gasteiger partial charge in [-0.3, -0.25) is 4.79 Å². The Morgan fingerprint density at radius 2 is 0.885 bits per heavy atom. The van der Waals surface area contributed by atoms with Gasteiger partial charge >= 0.3 is 0 Å². The van der Waals surface area contributed by atoms with Crippen LogP contribution in [0.15, 0.2) is 0 Å². The number of unbranched alkanes of at least 4 members (excludes halogenated alkanes) is 2. The van der Waals surface area contributed by atoms with Gasteiger partial charge in [0.25, 0.3) is 0 Å². The van der Waals surface area contributed by atoms with Crippen molar-refractivity contribution in [1.29, 1.82) is 0 Å². The molecule has 0 heterocycles. The van der Waals surface area contributed by atoms with Crippen molar-refractivity contribution in [3.8, 4) is 0 Å². The molecule has 2 unspecified atom stereocenters. The molecule has 26 heavy (non-hydrogen) atoms. The number of ketones is 1. The lowest BCUT2D eigenvalue weighted by Gasteiger charge is -2.46. The molecule has 0 aliphatic rings. The third-order valence-corrected chi connectivity index (χ3v) is 18.8. The molecule has 0 bridgehead atoms. The van der Waals surface area contributed by atoms with Crippen LogP contribution in [-0.2, 0) is 4.79 Å². The van der Waals surface area contributed by atoms with E-state index in [0.717, 1.165) is 38.5 Å². The Labute approximate surface area is 243 Å². The number of rotatable bonds is 14. The van der Waals surface area contributed by atoms with E-state index in [2.05, 4.69) is 163 Å². The Balaban J connectivity index is 5.90. The predicted molar refractivity (Wildman–Crippen MR) is 169 cm³/mol. The van der Waals surface area contributed by atoms with Crippen LogP contribution in [0.5, 0.6) is 0 Å². The van der Waals surface area contributed by atoms with Gasteiger partial charge in [0.2, 0.25) is 0 Å². The fourth-order valence-corrected chi connectivity index (χ4v) is 11.4. The predicted octanol–water partition coefficient (Wildman–Crippen LogP) is 10.0. The molecular weight excluding hydrogens is 1010 g/mol. The highest BCUT2D eigenvalue weighted by Crippen LogP contribution is 2.60. The average molecular weight is 1040 g/mol. The number of halogens is 6. The van der Waals surface area contributed by atoms with Crippen LogP contribution in [0.2, 0.25) is 0 Å². The summed E-state index contributed by atoms with van der Waals surface area (Å²) in [6.45, 7) is 8.98. The molecule has 0 aromatic rings. The lowest BCUT2D eigenvalue weighted by atomic mass is 9.86. The van der Waals surface area contributed by atoms with Crippen LogP contribution in [0.3, 0.4) is 0 Å². The van der Waals surface area contributed by atoms with E-state index < -0.39 is 0 Å². The fourth-order valence-electron chi connectivity index (χ4n) is 3.19. The van der Waals surface area contributed by atoms with Gasteiger partial charge in [0, 0.05) is 0 Å². The average Bonchev–Trinajstić information content (AvgIpc) is 2.57. The molecule has 0 spiro atoms. The molecule has 2 atom stereocenters. The maximum Gasteiger partial charge on any atom is 0.186 e. The van der Waals surface area contributed by atoms with E-state index in [1.54, 1.807) is 0 Å². The quantitative estimate of drug-likeness (QED) is 0.125. The zero-order valence-corrected chi connectivity index (χ0v) is 29.2. The number of Topliss-reactive ketones (excluding diaryl/α,β-unsaturated/α-hetero) is 1. The highest BCUT2D eigenvalue weighted by molar-refractivity contribution is 14.2. The first-order valence-corrected chi connectivity index (χ1v) is 16.1. The van der Waals surface area contributed by atoms with Gasteiger partial charge in [0.1, 0.15) is 2.86 Å². The summed E-state index contributed by atoms with van der Waals surface area (Å²) >= 11 is 15.2. The number of hydrogen-bond donors (Lipinski definition) is 0. The van der Waals surface area contributed by atoms with Crippen LogP contribution in [0.25, 0.3) is 0 Å². The van der Waals surface area contributed by atoms with E-state index in [1.807, 2.05) is 0 Å². The van der Waals surface area contributed by atoms with Crippen molar-refractivity contribution >= 4 is 141 Å². The van der Waals surface area contributed by atoms with E-state index in [-0.39, 0.29) is 9.70 Å². The van der Waals surface area contributed by atoms with E-state index >= 15 is 0 Å². The van der Waals surface area contributed by atoms with E-state index in [4.69, 9.17) is 0 Å². The first-order valence-electron chi connectivity index (χ1n) is 9.58. The van der Waals surface area contributed by atoms with Crippen molar-refractivity contribution in [3.63, 3.8) is 0 Å². The zero-order chi connectivity index (χ0) is 20.6. The van der Waals surface area contributed by atoms with Crippen molar-refractivity contribution in [2.75, 3.05) is 0 Å². The number of carbonyl (C=O) groups is 1. The molecule has 0 rings (SSSR count). The molecule has 1 nitrogen and oxygen atoms in total. The van der Waals surface area contributed by atoms with Crippen LogP contribution < -0.4 is 0 Å². The lowest BCUT2D eigenvalue weighted by Crippen LogP contribution is -2.57. The van der Waals surface area contributed by atoms with Crippen LogP contribution >= 0.6 is 136 Å². The molecule has 0 radical (unpaired) electrons. The molecule has 0 saturated heterocycles. The van der Waals surface area contributed by atoms with Crippen molar-refractivity contribution < 1.29 is 4.79 Å². The second-order valence-electron chi connectivity index (χ2n) is 7.12. The topological polar surface area (TPSA) is 17.1 Å². The third kappa shape index (κ3) is 7.58. The minimum atomic E-state index is -0.382. The summed E-state index contributed by atoms with van der Waals surface area (Å²) in [6.07, 6.45) is 11.5. The summed E-state index contributed by atoms with van der Waals surface area (Å²) in [7, 11) is 0. The van der Waals surface area contributed by atoms with Crippen molar-refractivity contribution in [1.82, 2.24) is 0 Å². The second kappa shape index (κ2) is 13.6. The minimum absolute atomic E-state index is 0.0177. The number of hydrogen-bond acceptors (Lipinski definition) is 1. The third-order valence-electron chi connectivity index (χ3n) is 4.84. The lowest BCUT2D eigenvalue weighted by molar-refractivity contribution is -0.119. The number of alkyl halides is 6. The molecule has 0 aliphatic heterocycles. The standard InChI is InChI=1S/C19H32I6O/c1-5-9-13-16(20,11-7-3)18(22,23)15(26)19(24,25)17(21,12-8-4)14-10-6-2/h5-14H2,1-4H3. The first-order chi connectivity index (χ1) is 11.9. The zero-order valence-electron chi connectivity index (χ0n) is 16.2. The maximum atomic E-state index is 14.0. The Morgan fingerprint density at radius 1 is 0.577 bits per heavy atom. The fraction of sp³-hybridized carbons (Fsp3) is 0.947. The van der Waals surface area contributed by atoms with Crippen LogP contribution in [0.1, 0.15) is 91.9 Å². The van der Waals surface area contributed by atoms with Crippen LogP contribution in [0.4, 0.5) is 0 Å². The molecule has 7 heteroatoms. The molecular formula is C19H32I6O. The van der Waals surface area contributed by atoms with Crippen molar-refractivity contribution in [2.24, 2.45) is 0 Å². The Kier molecular flexibility index (Phi) is 15.7. The van der Waals surface area contributed by atoms with E-state index in [0.29, 0.717) is 5.78 Å². The van der Waals surface area contributed by atoms with Gasteiger partial charge < -0.3 is 0 Å². The molecule has 0 saturated carbocycles. The van der Waals surface area contributed by atoms with Crippen LogP contribution in [-0.4, -0.2) is 15.5 Å². The van der Waals surface area contributed by atoms with Crippen molar-refractivity contribution in [3.05, 3.63) is 0 Å². The smallest absolute Gasteiger partial charge is 0.186 e. The Bertz CT molecular complexity index is 402. The molecule has 0 amide bonds. The van der Waals surface area contributed by atoms with Crippen LogP contribution in [0, 0.1) is 0 Å². The highest BCUT2D eigenvalue weighted by Gasteiger charge is 2.61. The highest BCUT2D eigenvalue weighted by atomic mass is 127. The molecule has 0 aromatic heterocycles. The molecule has 0 aromatic carbocycles.